The Bertz CT molecular complexity index is 290. The molecule has 0 bridgehead atoms. The highest BCUT2D eigenvalue weighted by atomic mass is 15.1. The van der Waals surface area contributed by atoms with E-state index >= 15 is 0 Å². The van der Waals surface area contributed by atoms with Gasteiger partial charge in [-0.15, -0.1) is 0 Å². The van der Waals surface area contributed by atoms with Gasteiger partial charge in [0, 0.05) is 30.5 Å². The van der Waals surface area contributed by atoms with Crippen LogP contribution in [0.1, 0.15) is 37.7 Å². The van der Waals surface area contributed by atoms with Crippen LogP contribution < -0.4 is 11.1 Å². The third-order valence-corrected chi connectivity index (χ3v) is 2.88. The molecule has 0 aromatic carbocycles. The molecule has 0 saturated heterocycles. The lowest BCUT2D eigenvalue weighted by molar-refractivity contribution is 0.461. The van der Waals surface area contributed by atoms with Gasteiger partial charge in [0.15, 0.2) is 0 Å². The van der Waals surface area contributed by atoms with E-state index in [1.807, 2.05) is 0 Å². The lowest BCUT2D eigenvalue weighted by atomic mass is 9.96. The van der Waals surface area contributed by atoms with Gasteiger partial charge in [-0.25, -0.2) is 9.97 Å². The number of nitrogens with two attached hydrogens (primary N) is 1. The number of nitrogens with one attached hydrogen (secondary N) is 1. The largest absolute Gasteiger partial charge is 0.351 e. The summed E-state index contributed by atoms with van der Waals surface area (Å²) < 4.78 is 0. The minimum Gasteiger partial charge on any atom is -0.351 e. The van der Waals surface area contributed by atoms with Crippen LogP contribution in [-0.2, 0) is 6.54 Å². The van der Waals surface area contributed by atoms with E-state index in [-0.39, 0.29) is 0 Å². The number of anilines is 1. The van der Waals surface area contributed by atoms with Crippen LogP contribution in [0.15, 0.2) is 12.4 Å². The molecule has 0 unspecified atom stereocenters. The Balaban J connectivity index is 1.91. The van der Waals surface area contributed by atoms with Crippen molar-refractivity contribution in [1.29, 1.82) is 0 Å². The molecule has 15 heavy (non-hydrogen) atoms. The van der Waals surface area contributed by atoms with Crippen molar-refractivity contribution in [2.24, 2.45) is 5.73 Å². The molecule has 1 aromatic rings. The molecule has 1 aliphatic rings. The molecule has 0 atom stereocenters. The lowest BCUT2D eigenvalue weighted by Crippen LogP contribution is -2.23. The Morgan fingerprint density at radius 2 is 1.87 bits per heavy atom. The molecule has 0 amide bonds. The van der Waals surface area contributed by atoms with Crippen molar-refractivity contribution in [3.8, 4) is 0 Å². The highest BCUT2D eigenvalue weighted by Crippen LogP contribution is 2.19. The van der Waals surface area contributed by atoms with Crippen molar-refractivity contribution in [2.45, 2.75) is 44.7 Å². The smallest absolute Gasteiger partial charge is 0.222 e. The van der Waals surface area contributed by atoms with Crippen molar-refractivity contribution in [2.75, 3.05) is 5.32 Å². The SMILES string of the molecule is NCc1cnc(NC2CCCCC2)nc1. The molecule has 2 rings (SSSR count). The highest BCUT2D eigenvalue weighted by Gasteiger charge is 2.13. The third-order valence-electron chi connectivity index (χ3n) is 2.88. The van der Waals surface area contributed by atoms with Gasteiger partial charge < -0.3 is 11.1 Å². The lowest BCUT2D eigenvalue weighted by Gasteiger charge is -2.22. The topological polar surface area (TPSA) is 63.8 Å². The Morgan fingerprint density at radius 3 is 2.47 bits per heavy atom. The van der Waals surface area contributed by atoms with Gasteiger partial charge in [0.25, 0.3) is 0 Å². The molecular formula is C11H18N4. The molecule has 1 aromatic heterocycles. The fraction of sp³-hybridized carbons (Fsp3) is 0.636. The van der Waals surface area contributed by atoms with Crippen LogP contribution in [0.2, 0.25) is 0 Å². The van der Waals surface area contributed by atoms with E-state index in [4.69, 9.17) is 5.73 Å². The summed E-state index contributed by atoms with van der Waals surface area (Å²) in [5.74, 6) is 0.735. The number of nitrogens with zero attached hydrogens (tertiary/aromatic N) is 2. The van der Waals surface area contributed by atoms with Gasteiger partial charge in [-0.05, 0) is 12.8 Å². The van der Waals surface area contributed by atoms with Crippen molar-refractivity contribution in [1.82, 2.24) is 9.97 Å². The molecule has 82 valence electrons. The first kappa shape index (κ1) is 10.4. The second-order valence-corrected chi connectivity index (χ2v) is 4.10. The summed E-state index contributed by atoms with van der Waals surface area (Å²) in [7, 11) is 0. The molecule has 1 aliphatic carbocycles. The maximum absolute atomic E-state index is 5.48. The van der Waals surface area contributed by atoms with Gasteiger partial charge in [0.2, 0.25) is 5.95 Å². The van der Waals surface area contributed by atoms with E-state index in [0.717, 1.165) is 11.5 Å². The summed E-state index contributed by atoms with van der Waals surface area (Å²) >= 11 is 0. The summed E-state index contributed by atoms with van der Waals surface area (Å²) in [6.45, 7) is 0.504. The van der Waals surface area contributed by atoms with E-state index in [1.54, 1.807) is 12.4 Å². The van der Waals surface area contributed by atoms with Crippen molar-refractivity contribution >= 4 is 5.95 Å². The maximum Gasteiger partial charge on any atom is 0.222 e. The number of hydrogen-bond donors (Lipinski definition) is 2. The highest BCUT2D eigenvalue weighted by molar-refractivity contribution is 5.26. The Kier molecular flexibility index (Phi) is 3.50. The predicted molar refractivity (Wildman–Crippen MR) is 60.4 cm³/mol. The fourth-order valence-corrected chi connectivity index (χ4v) is 1.96. The molecule has 1 saturated carbocycles. The second kappa shape index (κ2) is 5.07. The summed E-state index contributed by atoms with van der Waals surface area (Å²) in [5.41, 5.74) is 6.46. The van der Waals surface area contributed by atoms with E-state index in [2.05, 4.69) is 15.3 Å². The Morgan fingerprint density at radius 1 is 1.20 bits per heavy atom. The molecule has 0 aliphatic heterocycles. The first-order valence-corrected chi connectivity index (χ1v) is 5.66. The summed E-state index contributed by atoms with van der Waals surface area (Å²) in [6.07, 6.45) is 10.1. The van der Waals surface area contributed by atoms with Crippen molar-refractivity contribution < 1.29 is 0 Å². The van der Waals surface area contributed by atoms with Crippen LogP contribution in [0.3, 0.4) is 0 Å². The Hall–Kier alpha value is -1.16. The Labute approximate surface area is 90.3 Å². The van der Waals surface area contributed by atoms with E-state index in [9.17, 15) is 0 Å². The monoisotopic (exact) mass is 206 g/mol. The summed E-state index contributed by atoms with van der Waals surface area (Å²) in [6, 6.07) is 0.558. The quantitative estimate of drug-likeness (QED) is 0.789. The zero-order chi connectivity index (χ0) is 10.5. The first-order valence-electron chi connectivity index (χ1n) is 5.66. The van der Waals surface area contributed by atoms with E-state index in [1.165, 1.54) is 32.1 Å². The molecule has 4 heteroatoms. The van der Waals surface area contributed by atoms with E-state index < -0.39 is 0 Å². The molecule has 1 heterocycles. The predicted octanol–water partition coefficient (Wildman–Crippen LogP) is 1.68. The summed E-state index contributed by atoms with van der Waals surface area (Å²) in [4.78, 5) is 8.48. The van der Waals surface area contributed by atoms with Gasteiger partial charge >= 0.3 is 0 Å². The maximum atomic E-state index is 5.48. The van der Waals surface area contributed by atoms with Gasteiger partial charge in [-0.2, -0.15) is 0 Å². The zero-order valence-electron chi connectivity index (χ0n) is 8.95. The van der Waals surface area contributed by atoms with Crippen molar-refractivity contribution in [3.05, 3.63) is 18.0 Å². The minimum absolute atomic E-state index is 0.504. The van der Waals surface area contributed by atoms with Crippen LogP contribution in [0.25, 0.3) is 0 Å². The fourth-order valence-electron chi connectivity index (χ4n) is 1.96. The molecule has 4 nitrogen and oxygen atoms in total. The van der Waals surface area contributed by atoms with Gasteiger partial charge in [0.1, 0.15) is 0 Å². The molecule has 0 spiro atoms. The van der Waals surface area contributed by atoms with Gasteiger partial charge in [0.05, 0.1) is 0 Å². The van der Waals surface area contributed by atoms with Gasteiger partial charge in [-0.3, -0.25) is 0 Å². The third kappa shape index (κ3) is 2.89. The molecule has 3 N–H and O–H groups in total. The average Bonchev–Trinajstić information content (AvgIpc) is 2.31. The van der Waals surface area contributed by atoms with Crippen LogP contribution in [0.5, 0.6) is 0 Å². The van der Waals surface area contributed by atoms with Crippen LogP contribution in [0, 0.1) is 0 Å². The average molecular weight is 206 g/mol. The molecular weight excluding hydrogens is 188 g/mol. The van der Waals surface area contributed by atoms with Crippen LogP contribution in [0.4, 0.5) is 5.95 Å². The molecule has 0 radical (unpaired) electrons. The number of rotatable bonds is 3. The zero-order valence-corrected chi connectivity index (χ0v) is 8.95. The van der Waals surface area contributed by atoms with Crippen molar-refractivity contribution in [3.63, 3.8) is 0 Å². The van der Waals surface area contributed by atoms with E-state index in [0.29, 0.717) is 12.6 Å². The first-order chi connectivity index (χ1) is 7.38. The summed E-state index contributed by atoms with van der Waals surface area (Å²) in [5, 5.41) is 3.37. The molecule has 1 fully saturated rings. The van der Waals surface area contributed by atoms with Gasteiger partial charge in [-0.1, -0.05) is 19.3 Å². The second-order valence-electron chi connectivity index (χ2n) is 4.10. The number of aromatic nitrogens is 2. The van der Waals surface area contributed by atoms with Crippen LogP contribution >= 0.6 is 0 Å². The standard InChI is InChI=1S/C11H18N4/c12-6-9-7-13-11(14-8-9)15-10-4-2-1-3-5-10/h7-8,10H,1-6,12H2,(H,13,14,15). The number of hydrogen-bond acceptors (Lipinski definition) is 4. The minimum atomic E-state index is 0.504. The van der Waals surface area contributed by atoms with Crippen LogP contribution in [-0.4, -0.2) is 16.0 Å². The normalized spacial score (nSPS) is 17.7.